The van der Waals surface area contributed by atoms with Crippen molar-refractivity contribution in [2.45, 2.75) is 13.5 Å². The minimum Gasteiger partial charge on any atom is -0.468 e. The Balaban J connectivity index is 1.47. The highest BCUT2D eigenvalue weighted by molar-refractivity contribution is 6.99. The quantitative estimate of drug-likeness (QED) is 0.694. The summed E-state index contributed by atoms with van der Waals surface area (Å²) in [7, 11) is 0. The Labute approximate surface area is 149 Å². The first-order valence-electron chi connectivity index (χ1n) is 8.11. The highest BCUT2D eigenvalue weighted by atomic mass is 32.1. The van der Waals surface area contributed by atoms with Crippen molar-refractivity contribution in [1.82, 2.24) is 13.7 Å². The van der Waals surface area contributed by atoms with Crippen LogP contribution in [0.3, 0.4) is 0 Å². The van der Waals surface area contributed by atoms with Gasteiger partial charge >= 0.3 is 0 Å². The summed E-state index contributed by atoms with van der Waals surface area (Å²) < 4.78 is 25.6. The molecule has 0 N–H and O–H groups in total. The first kappa shape index (κ1) is 16.0. The third-order valence-electron chi connectivity index (χ3n) is 4.01. The summed E-state index contributed by atoms with van der Waals surface area (Å²) in [5, 5.41) is 0. The maximum atomic E-state index is 5.88. The van der Waals surface area contributed by atoms with Crippen LogP contribution in [0.2, 0.25) is 0 Å². The van der Waals surface area contributed by atoms with Crippen molar-refractivity contribution in [3.63, 3.8) is 0 Å². The molecule has 0 saturated carbocycles. The molecule has 0 spiro atoms. The van der Waals surface area contributed by atoms with E-state index >= 15 is 0 Å². The van der Waals surface area contributed by atoms with Crippen molar-refractivity contribution in [2.75, 3.05) is 31.2 Å². The molecule has 0 atom stereocenters. The Kier molecular flexibility index (Phi) is 4.62. The molecular formula is C17H18N4O3S. The molecule has 25 heavy (non-hydrogen) atoms. The Hall–Kier alpha value is -2.45. The predicted molar refractivity (Wildman–Crippen MR) is 93.9 cm³/mol. The number of aryl methyl sites for hydroxylation is 1. The van der Waals surface area contributed by atoms with Crippen LogP contribution in [0.25, 0.3) is 11.5 Å². The lowest BCUT2D eigenvalue weighted by molar-refractivity contribution is 0.122. The summed E-state index contributed by atoms with van der Waals surface area (Å²) in [4.78, 5) is 6.68. The first-order chi connectivity index (χ1) is 12.3. The van der Waals surface area contributed by atoms with Gasteiger partial charge in [0.25, 0.3) is 5.88 Å². The van der Waals surface area contributed by atoms with Crippen LogP contribution in [0.1, 0.15) is 11.5 Å². The number of benzene rings is 1. The molecular weight excluding hydrogens is 340 g/mol. The smallest absolute Gasteiger partial charge is 0.271 e. The van der Waals surface area contributed by atoms with E-state index in [1.807, 2.05) is 37.3 Å². The topological polar surface area (TPSA) is 73.5 Å². The number of morpholine rings is 1. The van der Waals surface area contributed by atoms with E-state index in [4.69, 9.17) is 13.9 Å². The highest BCUT2D eigenvalue weighted by Gasteiger charge is 2.21. The number of hydrogen-bond acceptors (Lipinski definition) is 8. The van der Waals surface area contributed by atoms with Crippen LogP contribution >= 0.6 is 11.7 Å². The average Bonchev–Trinajstić information content (AvgIpc) is 3.28. The van der Waals surface area contributed by atoms with Crippen LogP contribution in [0.5, 0.6) is 5.88 Å². The van der Waals surface area contributed by atoms with E-state index < -0.39 is 0 Å². The summed E-state index contributed by atoms with van der Waals surface area (Å²) in [6, 6.07) is 9.82. The summed E-state index contributed by atoms with van der Waals surface area (Å²) in [5.74, 6) is 2.66. The third-order valence-corrected chi connectivity index (χ3v) is 4.51. The molecule has 0 unspecified atom stereocenters. The number of ether oxygens (including phenoxy) is 2. The van der Waals surface area contributed by atoms with E-state index in [1.165, 1.54) is 0 Å². The molecule has 7 nitrogen and oxygen atoms in total. The van der Waals surface area contributed by atoms with Gasteiger partial charge in [0.15, 0.2) is 0 Å². The fourth-order valence-corrected chi connectivity index (χ4v) is 3.16. The highest BCUT2D eigenvalue weighted by Crippen LogP contribution is 2.28. The van der Waals surface area contributed by atoms with Crippen molar-refractivity contribution in [3.8, 4) is 17.3 Å². The van der Waals surface area contributed by atoms with Crippen molar-refractivity contribution >= 4 is 17.5 Å². The van der Waals surface area contributed by atoms with Gasteiger partial charge in [0.2, 0.25) is 11.7 Å². The van der Waals surface area contributed by atoms with E-state index in [0.717, 1.165) is 47.7 Å². The van der Waals surface area contributed by atoms with E-state index in [9.17, 15) is 0 Å². The van der Waals surface area contributed by atoms with Crippen LogP contribution in [0, 0.1) is 6.92 Å². The summed E-state index contributed by atoms with van der Waals surface area (Å²) in [6.45, 7) is 5.16. The van der Waals surface area contributed by atoms with Crippen LogP contribution in [0.4, 0.5) is 5.82 Å². The third kappa shape index (κ3) is 3.49. The number of aromatic nitrogens is 3. The standard InChI is InChI=1S/C17H18N4O3S/c1-12-14(18-16(24-12)13-5-3-2-4-6-13)11-23-17-15(19-25-20-17)21-7-9-22-10-8-21/h2-6H,7-11H2,1H3. The molecule has 4 rings (SSSR count). The number of rotatable bonds is 5. The Morgan fingerprint density at radius 3 is 2.76 bits per heavy atom. The lowest BCUT2D eigenvalue weighted by atomic mass is 10.2. The zero-order valence-corrected chi connectivity index (χ0v) is 14.7. The number of nitrogens with zero attached hydrogens (tertiary/aromatic N) is 4. The van der Waals surface area contributed by atoms with Crippen molar-refractivity contribution in [3.05, 3.63) is 41.8 Å². The van der Waals surface area contributed by atoms with E-state index in [2.05, 4.69) is 18.6 Å². The van der Waals surface area contributed by atoms with Crippen LogP contribution in [0.15, 0.2) is 34.7 Å². The maximum absolute atomic E-state index is 5.88. The van der Waals surface area contributed by atoms with Gasteiger partial charge in [0, 0.05) is 18.7 Å². The monoisotopic (exact) mass is 358 g/mol. The van der Waals surface area contributed by atoms with E-state index in [-0.39, 0.29) is 0 Å². The Morgan fingerprint density at radius 2 is 1.96 bits per heavy atom. The zero-order valence-electron chi connectivity index (χ0n) is 13.8. The Bertz CT molecular complexity index is 828. The second-order valence-corrected chi connectivity index (χ2v) is 6.20. The molecule has 130 valence electrons. The molecule has 0 bridgehead atoms. The molecule has 2 aromatic heterocycles. The van der Waals surface area contributed by atoms with Gasteiger partial charge in [-0.2, -0.15) is 4.37 Å². The van der Waals surface area contributed by atoms with Gasteiger partial charge in [-0.1, -0.05) is 18.2 Å². The molecule has 1 aromatic carbocycles. The van der Waals surface area contributed by atoms with Crippen LogP contribution in [-0.4, -0.2) is 40.0 Å². The van der Waals surface area contributed by atoms with Gasteiger partial charge in [-0.3, -0.25) is 0 Å². The number of hydrogen-bond donors (Lipinski definition) is 0. The summed E-state index contributed by atoms with van der Waals surface area (Å²) >= 11 is 1.15. The summed E-state index contributed by atoms with van der Waals surface area (Å²) in [6.07, 6.45) is 0. The molecule has 3 aromatic rings. The van der Waals surface area contributed by atoms with Crippen molar-refractivity contribution < 1.29 is 13.9 Å². The fourth-order valence-electron chi connectivity index (χ4n) is 2.64. The lowest BCUT2D eigenvalue weighted by Crippen LogP contribution is -2.36. The molecule has 1 aliphatic rings. The molecule has 1 saturated heterocycles. The summed E-state index contributed by atoms with van der Waals surface area (Å²) in [5.41, 5.74) is 1.71. The molecule has 3 heterocycles. The largest absolute Gasteiger partial charge is 0.468 e. The van der Waals surface area contributed by atoms with Gasteiger partial charge < -0.3 is 18.8 Å². The zero-order chi connectivity index (χ0) is 17.1. The fraction of sp³-hybridized carbons (Fsp3) is 0.353. The average molecular weight is 358 g/mol. The molecule has 1 aliphatic heterocycles. The number of oxazole rings is 1. The minimum absolute atomic E-state index is 0.297. The molecule has 0 amide bonds. The van der Waals surface area contributed by atoms with Gasteiger partial charge in [-0.05, 0) is 19.1 Å². The van der Waals surface area contributed by atoms with E-state index in [0.29, 0.717) is 31.6 Å². The predicted octanol–water partition coefficient (Wildman–Crippen LogP) is 2.92. The molecule has 1 fully saturated rings. The Morgan fingerprint density at radius 1 is 1.16 bits per heavy atom. The maximum Gasteiger partial charge on any atom is 0.271 e. The molecule has 8 heteroatoms. The van der Waals surface area contributed by atoms with Gasteiger partial charge in [-0.25, -0.2) is 4.98 Å². The van der Waals surface area contributed by atoms with Crippen LogP contribution in [-0.2, 0) is 11.3 Å². The second-order valence-electron chi connectivity index (χ2n) is 5.67. The number of anilines is 1. The van der Waals surface area contributed by atoms with E-state index in [1.54, 1.807) is 0 Å². The first-order valence-corrected chi connectivity index (χ1v) is 8.84. The SMILES string of the molecule is Cc1oc(-c2ccccc2)nc1COc1nsnc1N1CCOCC1. The van der Waals surface area contributed by atoms with Crippen LogP contribution < -0.4 is 9.64 Å². The normalized spacial score (nSPS) is 14.7. The van der Waals surface area contributed by atoms with Gasteiger partial charge in [-0.15, -0.1) is 4.37 Å². The van der Waals surface area contributed by atoms with Crippen molar-refractivity contribution in [2.24, 2.45) is 0 Å². The lowest BCUT2D eigenvalue weighted by Gasteiger charge is -2.26. The van der Waals surface area contributed by atoms with Gasteiger partial charge in [0.05, 0.1) is 24.9 Å². The molecule has 0 aliphatic carbocycles. The van der Waals surface area contributed by atoms with Crippen molar-refractivity contribution in [1.29, 1.82) is 0 Å². The second kappa shape index (κ2) is 7.20. The minimum atomic E-state index is 0.297. The molecule has 0 radical (unpaired) electrons. The van der Waals surface area contributed by atoms with Gasteiger partial charge in [0.1, 0.15) is 18.1 Å².